The Balaban J connectivity index is 2.36. The average molecular weight is 201 g/mol. The van der Waals surface area contributed by atoms with E-state index >= 15 is 0 Å². The molecule has 0 bridgehead atoms. The normalized spacial score (nSPS) is 22.4. The van der Waals surface area contributed by atoms with Gasteiger partial charge in [-0.1, -0.05) is 0 Å². The first-order valence-corrected chi connectivity index (χ1v) is 5.28. The maximum atomic E-state index is 11.3. The molecule has 0 spiro atoms. The molecular weight excluding hydrogens is 186 g/mol. The number of nitrogens with zero attached hydrogens (tertiary/aromatic N) is 1. The number of unbranched alkanes of at least 4 members (excludes halogenated alkanes) is 1. The van der Waals surface area contributed by atoms with Crippen molar-refractivity contribution in [3.8, 4) is 0 Å². The third kappa shape index (κ3) is 2.72. The molecule has 0 unspecified atom stereocenters. The molecule has 13 heavy (non-hydrogen) atoms. The fourth-order valence-corrected chi connectivity index (χ4v) is 1.81. The van der Waals surface area contributed by atoms with Crippen molar-refractivity contribution in [2.75, 3.05) is 12.3 Å². The first-order valence-electron chi connectivity index (χ1n) is 4.65. The molecule has 1 atom stereocenters. The number of hydrogen-bond donors (Lipinski definition) is 1. The van der Waals surface area contributed by atoms with Gasteiger partial charge in [-0.3, -0.25) is 4.79 Å². The van der Waals surface area contributed by atoms with E-state index in [9.17, 15) is 9.59 Å². The summed E-state index contributed by atoms with van der Waals surface area (Å²) in [4.78, 5) is 23.6. The molecular formula is C9H15NO2S. The van der Waals surface area contributed by atoms with Gasteiger partial charge in [0.1, 0.15) is 6.29 Å². The first kappa shape index (κ1) is 10.6. The van der Waals surface area contributed by atoms with Crippen LogP contribution >= 0.6 is 12.6 Å². The number of likely N-dealkylation sites (tertiary alicyclic amines) is 1. The van der Waals surface area contributed by atoms with Crippen LogP contribution in [0.25, 0.3) is 0 Å². The largest absolute Gasteiger partial charge is 0.333 e. The topological polar surface area (TPSA) is 37.4 Å². The first-order chi connectivity index (χ1) is 6.29. The lowest BCUT2D eigenvalue weighted by molar-refractivity contribution is -0.131. The number of carbonyl (C=O) groups is 2. The summed E-state index contributed by atoms with van der Waals surface area (Å²) in [6.45, 7) is 0.711. The standard InChI is InChI=1S/C9H15NO2S/c11-7-8-3-4-9(12)10(8)5-1-2-6-13/h7-8,13H,1-6H2/t8-/m1/s1. The molecule has 0 aromatic heterocycles. The summed E-state index contributed by atoms with van der Waals surface area (Å²) >= 11 is 4.09. The Morgan fingerprint density at radius 2 is 2.31 bits per heavy atom. The number of hydrogen-bond acceptors (Lipinski definition) is 3. The predicted octanol–water partition coefficient (Wildman–Crippen LogP) is 0.886. The molecule has 0 N–H and O–H groups in total. The molecule has 1 saturated heterocycles. The molecule has 1 aliphatic rings. The molecule has 1 heterocycles. The Bertz CT molecular complexity index is 196. The molecule has 4 heteroatoms. The van der Waals surface area contributed by atoms with Crippen molar-refractivity contribution in [2.24, 2.45) is 0 Å². The summed E-state index contributed by atoms with van der Waals surface area (Å²) in [6.07, 6.45) is 4.05. The molecule has 1 fully saturated rings. The lowest BCUT2D eigenvalue weighted by Gasteiger charge is -2.19. The minimum absolute atomic E-state index is 0.122. The Morgan fingerprint density at radius 3 is 2.92 bits per heavy atom. The molecule has 74 valence electrons. The van der Waals surface area contributed by atoms with E-state index in [0.29, 0.717) is 19.4 Å². The monoisotopic (exact) mass is 201 g/mol. The third-order valence-corrected chi connectivity index (χ3v) is 2.66. The summed E-state index contributed by atoms with van der Waals surface area (Å²) in [5.41, 5.74) is 0. The fourth-order valence-electron chi connectivity index (χ4n) is 1.58. The number of amides is 1. The number of carbonyl (C=O) groups excluding carboxylic acids is 2. The summed E-state index contributed by atoms with van der Waals surface area (Å²) < 4.78 is 0. The van der Waals surface area contributed by atoms with Crippen molar-refractivity contribution in [3.05, 3.63) is 0 Å². The molecule has 1 amide bonds. The molecule has 0 radical (unpaired) electrons. The van der Waals surface area contributed by atoms with Gasteiger partial charge in [0.25, 0.3) is 0 Å². The van der Waals surface area contributed by atoms with Gasteiger partial charge in [0.05, 0.1) is 6.04 Å². The highest BCUT2D eigenvalue weighted by molar-refractivity contribution is 7.80. The quantitative estimate of drug-likeness (QED) is 0.407. The van der Waals surface area contributed by atoms with Crippen LogP contribution in [0.3, 0.4) is 0 Å². The smallest absolute Gasteiger partial charge is 0.223 e. The van der Waals surface area contributed by atoms with Gasteiger partial charge in [-0.2, -0.15) is 12.6 Å². The van der Waals surface area contributed by atoms with Gasteiger partial charge in [-0.25, -0.2) is 0 Å². The molecule has 0 aliphatic carbocycles. The summed E-state index contributed by atoms with van der Waals surface area (Å²) in [6, 6.07) is -0.160. The minimum atomic E-state index is -0.160. The van der Waals surface area contributed by atoms with Crippen LogP contribution in [-0.2, 0) is 9.59 Å². The zero-order valence-electron chi connectivity index (χ0n) is 7.61. The second-order valence-electron chi connectivity index (χ2n) is 3.26. The van der Waals surface area contributed by atoms with Crippen LogP contribution in [0.15, 0.2) is 0 Å². The van der Waals surface area contributed by atoms with Crippen molar-refractivity contribution in [1.82, 2.24) is 4.90 Å². The van der Waals surface area contributed by atoms with E-state index in [1.165, 1.54) is 0 Å². The van der Waals surface area contributed by atoms with Crippen molar-refractivity contribution in [2.45, 2.75) is 31.7 Å². The average Bonchev–Trinajstić information content (AvgIpc) is 2.48. The number of rotatable bonds is 5. The second-order valence-corrected chi connectivity index (χ2v) is 3.71. The third-order valence-electron chi connectivity index (χ3n) is 2.34. The molecule has 0 aromatic rings. The van der Waals surface area contributed by atoms with E-state index in [0.717, 1.165) is 24.9 Å². The van der Waals surface area contributed by atoms with Gasteiger partial charge < -0.3 is 9.69 Å². The zero-order chi connectivity index (χ0) is 9.68. The van der Waals surface area contributed by atoms with Gasteiger partial charge in [0, 0.05) is 13.0 Å². The van der Waals surface area contributed by atoms with E-state index in [1.54, 1.807) is 4.90 Å². The summed E-state index contributed by atoms with van der Waals surface area (Å²) in [5.74, 6) is 0.963. The highest BCUT2D eigenvalue weighted by atomic mass is 32.1. The Hall–Kier alpha value is -0.510. The number of aldehydes is 1. The predicted molar refractivity (Wildman–Crippen MR) is 53.9 cm³/mol. The molecule has 1 rings (SSSR count). The summed E-state index contributed by atoms with van der Waals surface area (Å²) in [7, 11) is 0. The van der Waals surface area contributed by atoms with Crippen LogP contribution in [0.5, 0.6) is 0 Å². The van der Waals surface area contributed by atoms with Gasteiger partial charge in [0.2, 0.25) is 5.91 Å². The van der Waals surface area contributed by atoms with Crippen LogP contribution in [-0.4, -0.2) is 35.4 Å². The SMILES string of the molecule is O=C[C@H]1CCC(=O)N1CCCCS. The van der Waals surface area contributed by atoms with Gasteiger partial charge in [-0.05, 0) is 25.0 Å². The number of thiol groups is 1. The van der Waals surface area contributed by atoms with E-state index < -0.39 is 0 Å². The van der Waals surface area contributed by atoms with E-state index in [2.05, 4.69) is 12.6 Å². The molecule has 0 saturated carbocycles. The van der Waals surface area contributed by atoms with Crippen LogP contribution in [0.1, 0.15) is 25.7 Å². The molecule has 3 nitrogen and oxygen atoms in total. The lowest BCUT2D eigenvalue weighted by atomic mass is 10.2. The van der Waals surface area contributed by atoms with Crippen molar-refractivity contribution < 1.29 is 9.59 Å². The summed E-state index contributed by atoms with van der Waals surface area (Å²) in [5, 5.41) is 0. The van der Waals surface area contributed by atoms with Gasteiger partial charge in [0.15, 0.2) is 0 Å². The van der Waals surface area contributed by atoms with Crippen LogP contribution in [0.2, 0.25) is 0 Å². The highest BCUT2D eigenvalue weighted by Gasteiger charge is 2.29. The molecule has 0 aromatic carbocycles. The van der Waals surface area contributed by atoms with Gasteiger partial charge >= 0.3 is 0 Å². The minimum Gasteiger partial charge on any atom is -0.333 e. The van der Waals surface area contributed by atoms with E-state index in [1.807, 2.05) is 0 Å². The maximum absolute atomic E-state index is 11.3. The second kappa shape index (κ2) is 5.27. The highest BCUT2D eigenvalue weighted by Crippen LogP contribution is 2.17. The van der Waals surface area contributed by atoms with Crippen LogP contribution < -0.4 is 0 Å². The van der Waals surface area contributed by atoms with Crippen molar-refractivity contribution in [1.29, 1.82) is 0 Å². The Kier molecular flexibility index (Phi) is 4.28. The fraction of sp³-hybridized carbons (Fsp3) is 0.778. The zero-order valence-corrected chi connectivity index (χ0v) is 8.50. The lowest BCUT2D eigenvalue weighted by Crippen LogP contribution is -2.34. The van der Waals surface area contributed by atoms with Crippen molar-refractivity contribution in [3.63, 3.8) is 0 Å². The van der Waals surface area contributed by atoms with Crippen LogP contribution in [0.4, 0.5) is 0 Å². The van der Waals surface area contributed by atoms with Crippen LogP contribution in [0, 0.1) is 0 Å². The molecule has 1 aliphatic heterocycles. The van der Waals surface area contributed by atoms with E-state index in [4.69, 9.17) is 0 Å². The Morgan fingerprint density at radius 1 is 1.54 bits per heavy atom. The van der Waals surface area contributed by atoms with Gasteiger partial charge in [-0.15, -0.1) is 0 Å². The van der Waals surface area contributed by atoms with Crippen molar-refractivity contribution >= 4 is 24.8 Å². The van der Waals surface area contributed by atoms with E-state index in [-0.39, 0.29) is 11.9 Å². The Labute approximate surface area is 83.9 Å². The maximum Gasteiger partial charge on any atom is 0.223 e.